The van der Waals surface area contributed by atoms with E-state index in [1.54, 1.807) is 12.1 Å². The van der Waals surface area contributed by atoms with Gasteiger partial charge in [0.05, 0.1) is 21.8 Å². The SMILES string of the molecule is CCOCCCN(C(=O)c1ccc(C(F)(F)F)cc1)[C@@H]1CC(C(=O)NCCO)=C[C@H](Oc2ccccc2I)[C@H]1O. The third-order valence-electron chi connectivity index (χ3n) is 6.33. The molecule has 8 nitrogen and oxygen atoms in total. The van der Waals surface area contributed by atoms with Crippen molar-refractivity contribution >= 4 is 34.4 Å². The zero-order valence-corrected chi connectivity index (χ0v) is 24.0. The number of carbonyl (C=O) groups is 2. The van der Waals surface area contributed by atoms with Gasteiger partial charge < -0.3 is 29.9 Å². The highest BCUT2D eigenvalue weighted by molar-refractivity contribution is 14.1. The van der Waals surface area contributed by atoms with Gasteiger partial charge in [0.1, 0.15) is 18.0 Å². The van der Waals surface area contributed by atoms with E-state index in [1.165, 1.54) is 11.0 Å². The molecule has 0 heterocycles. The standard InChI is InChI=1S/C28H32F3IN2O6/c1-2-39-15-5-13-34(27(38)18-8-10-20(11-9-18)28(29,30)31)22-16-19(26(37)33-12-14-35)17-24(25(22)36)40-23-7-4-3-6-21(23)32/h3-4,6-11,17,22,24-25,35-36H,2,5,12-16H2,1H3,(H,33,37)/t22-,24+,25+/m1/s1. The lowest BCUT2D eigenvalue weighted by atomic mass is 9.87. The van der Waals surface area contributed by atoms with Crippen LogP contribution in [0.5, 0.6) is 5.75 Å². The summed E-state index contributed by atoms with van der Waals surface area (Å²) >= 11 is 2.08. The van der Waals surface area contributed by atoms with Crippen LogP contribution in [0.2, 0.25) is 0 Å². The number of hydrogen-bond donors (Lipinski definition) is 3. The number of para-hydroxylation sites is 1. The minimum absolute atomic E-state index is 0.00696. The molecule has 0 aromatic heterocycles. The van der Waals surface area contributed by atoms with Crippen LogP contribution in [0.3, 0.4) is 0 Å². The van der Waals surface area contributed by atoms with E-state index < -0.39 is 41.8 Å². The average Bonchev–Trinajstić information content (AvgIpc) is 2.93. The Morgan fingerprint density at radius 3 is 2.48 bits per heavy atom. The fourth-order valence-electron chi connectivity index (χ4n) is 4.33. The first-order valence-corrected chi connectivity index (χ1v) is 13.9. The molecule has 3 rings (SSSR count). The van der Waals surface area contributed by atoms with Gasteiger partial charge >= 0.3 is 6.18 Å². The third-order valence-corrected chi connectivity index (χ3v) is 7.22. The number of aliphatic hydroxyl groups is 2. The predicted molar refractivity (Wildman–Crippen MR) is 150 cm³/mol. The molecule has 218 valence electrons. The predicted octanol–water partition coefficient (Wildman–Crippen LogP) is 3.79. The Morgan fingerprint density at radius 1 is 1.15 bits per heavy atom. The summed E-state index contributed by atoms with van der Waals surface area (Å²) in [5, 5.41) is 23.2. The monoisotopic (exact) mass is 676 g/mol. The van der Waals surface area contributed by atoms with Crippen molar-refractivity contribution in [2.75, 3.05) is 32.9 Å². The van der Waals surface area contributed by atoms with Crippen LogP contribution in [0.4, 0.5) is 13.2 Å². The normalized spacial score (nSPS) is 19.1. The highest BCUT2D eigenvalue weighted by Gasteiger charge is 2.41. The van der Waals surface area contributed by atoms with Crippen molar-refractivity contribution in [1.29, 1.82) is 0 Å². The number of hydrogen-bond acceptors (Lipinski definition) is 6. The van der Waals surface area contributed by atoms with Crippen molar-refractivity contribution in [2.45, 2.75) is 44.2 Å². The molecular formula is C28H32F3IN2O6. The number of nitrogens with one attached hydrogen (secondary N) is 1. The maximum Gasteiger partial charge on any atom is 0.416 e. The minimum Gasteiger partial charge on any atom is -0.482 e. The minimum atomic E-state index is -4.56. The van der Waals surface area contributed by atoms with E-state index in [0.29, 0.717) is 25.4 Å². The molecule has 12 heteroatoms. The molecule has 0 saturated heterocycles. The zero-order valence-electron chi connectivity index (χ0n) is 21.9. The maximum absolute atomic E-state index is 13.7. The van der Waals surface area contributed by atoms with Crippen molar-refractivity contribution in [3.63, 3.8) is 0 Å². The van der Waals surface area contributed by atoms with Gasteiger partial charge in [0.25, 0.3) is 5.91 Å². The maximum atomic E-state index is 13.7. The van der Waals surface area contributed by atoms with Gasteiger partial charge in [-0.2, -0.15) is 13.2 Å². The molecule has 0 bridgehead atoms. The van der Waals surface area contributed by atoms with E-state index in [1.807, 2.05) is 19.1 Å². The number of amides is 2. The fraction of sp³-hybridized carbons (Fsp3) is 0.429. The largest absolute Gasteiger partial charge is 0.482 e. The van der Waals surface area contributed by atoms with Gasteiger partial charge in [-0.05, 0) is 78.4 Å². The van der Waals surface area contributed by atoms with Crippen molar-refractivity contribution < 1.29 is 42.4 Å². The third kappa shape index (κ3) is 8.41. The van der Waals surface area contributed by atoms with Crippen LogP contribution >= 0.6 is 22.6 Å². The lowest BCUT2D eigenvalue weighted by molar-refractivity contribution is -0.137. The lowest BCUT2D eigenvalue weighted by Crippen LogP contribution is -2.55. The van der Waals surface area contributed by atoms with Crippen LogP contribution in [0.25, 0.3) is 0 Å². The summed E-state index contributed by atoms with van der Waals surface area (Å²) in [6, 6.07) is 10.0. The summed E-state index contributed by atoms with van der Waals surface area (Å²) in [7, 11) is 0. The van der Waals surface area contributed by atoms with E-state index in [0.717, 1.165) is 27.8 Å². The summed E-state index contributed by atoms with van der Waals surface area (Å²) in [5.74, 6) is -0.617. The summed E-state index contributed by atoms with van der Waals surface area (Å²) in [4.78, 5) is 28.0. The van der Waals surface area contributed by atoms with E-state index in [4.69, 9.17) is 14.6 Å². The number of nitrogens with zero attached hydrogens (tertiary/aromatic N) is 1. The summed E-state index contributed by atoms with van der Waals surface area (Å²) in [6.45, 7) is 2.45. The molecule has 1 aliphatic carbocycles. The van der Waals surface area contributed by atoms with Crippen molar-refractivity contribution in [2.24, 2.45) is 0 Å². The number of benzene rings is 2. The Balaban J connectivity index is 1.97. The molecule has 40 heavy (non-hydrogen) atoms. The number of carbonyl (C=O) groups excluding carboxylic acids is 2. The first-order valence-electron chi connectivity index (χ1n) is 12.8. The van der Waals surface area contributed by atoms with E-state index in [-0.39, 0.29) is 37.3 Å². The van der Waals surface area contributed by atoms with Crippen molar-refractivity contribution in [3.8, 4) is 5.75 Å². The molecule has 0 aliphatic heterocycles. The highest BCUT2D eigenvalue weighted by atomic mass is 127. The number of rotatable bonds is 12. The van der Waals surface area contributed by atoms with Gasteiger partial charge in [0.15, 0.2) is 0 Å². The molecule has 0 radical (unpaired) electrons. The number of aliphatic hydroxyl groups excluding tert-OH is 2. The van der Waals surface area contributed by atoms with Crippen molar-refractivity contribution in [3.05, 3.63) is 74.9 Å². The fourth-order valence-corrected chi connectivity index (χ4v) is 4.85. The lowest BCUT2D eigenvalue weighted by Gasteiger charge is -2.40. The molecule has 0 fully saturated rings. The highest BCUT2D eigenvalue weighted by Crippen LogP contribution is 2.32. The van der Waals surface area contributed by atoms with Gasteiger partial charge in [-0.15, -0.1) is 0 Å². The molecule has 3 atom stereocenters. The Bertz CT molecular complexity index is 1180. The topological polar surface area (TPSA) is 108 Å². The van der Waals surface area contributed by atoms with Crippen LogP contribution in [-0.2, 0) is 15.7 Å². The van der Waals surface area contributed by atoms with Crippen LogP contribution in [0.15, 0.2) is 60.2 Å². The zero-order chi connectivity index (χ0) is 29.3. The van der Waals surface area contributed by atoms with E-state index in [9.17, 15) is 27.9 Å². The first-order chi connectivity index (χ1) is 19.1. The Labute approximate surface area is 244 Å². The quantitative estimate of drug-likeness (QED) is 0.234. The number of halogens is 4. The summed E-state index contributed by atoms with van der Waals surface area (Å²) in [6.07, 6.45) is -4.99. The molecule has 0 spiro atoms. The summed E-state index contributed by atoms with van der Waals surface area (Å²) in [5.41, 5.74) is -0.636. The van der Waals surface area contributed by atoms with Crippen LogP contribution < -0.4 is 10.1 Å². The van der Waals surface area contributed by atoms with Gasteiger partial charge in [-0.3, -0.25) is 9.59 Å². The first kappa shape index (κ1) is 31.8. The molecule has 2 amide bonds. The van der Waals surface area contributed by atoms with E-state index >= 15 is 0 Å². The molecule has 2 aromatic rings. The van der Waals surface area contributed by atoms with Crippen LogP contribution in [-0.4, -0.2) is 78.1 Å². The second kappa shape index (κ2) is 14.8. The van der Waals surface area contributed by atoms with Crippen LogP contribution in [0, 0.1) is 3.57 Å². The second-order valence-electron chi connectivity index (χ2n) is 9.07. The molecule has 0 unspecified atom stereocenters. The number of alkyl halides is 3. The van der Waals surface area contributed by atoms with Gasteiger partial charge in [0, 0.05) is 43.9 Å². The van der Waals surface area contributed by atoms with E-state index in [2.05, 4.69) is 27.9 Å². The molecule has 0 saturated carbocycles. The van der Waals surface area contributed by atoms with Gasteiger partial charge in [0.2, 0.25) is 5.91 Å². The summed E-state index contributed by atoms with van der Waals surface area (Å²) < 4.78 is 51.6. The van der Waals surface area contributed by atoms with Crippen molar-refractivity contribution in [1.82, 2.24) is 10.2 Å². The molecule has 1 aliphatic rings. The second-order valence-corrected chi connectivity index (χ2v) is 10.2. The Morgan fingerprint density at radius 2 is 1.85 bits per heavy atom. The Kier molecular flexibility index (Phi) is 11.8. The molecule has 3 N–H and O–H groups in total. The smallest absolute Gasteiger partial charge is 0.416 e. The Hall–Kier alpha value is -2.68. The number of ether oxygens (including phenoxy) is 2. The van der Waals surface area contributed by atoms with Gasteiger partial charge in [-0.25, -0.2) is 0 Å². The van der Waals surface area contributed by atoms with Gasteiger partial charge in [-0.1, -0.05) is 12.1 Å². The molecular weight excluding hydrogens is 644 g/mol. The molecule has 2 aromatic carbocycles. The van der Waals surface area contributed by atoms with Crippen LogP contribution in [0.1, 0.15) is 35.7 Å². The average molecular weight is 676 g/mol.